The minimum atomic E-state index is -0.266. The molecule has 2 atom stereocenters. The Hall–Kier alpha value is -1.13. The number of rotatable bonds is 7. The fourth-order valence-electron chi connectivity index (χ4n) is 2.62. The zero-order valence-electron chi connectivity index (χ0n) is 14.0. The molecule has 1 rings (SSSR count). The summed E-state index contributed by atoms with van der Waals surface area (Å²) in [5.41, 5.74) is 0.713. The molecule has 0 spiro atoms. The second-order valence-corrected chi connectivity index (χ2v) is 6.34. The van der Waals surface area contributed by atoms with Gasteiger partial charge in [-0.1, -0.05) is 27.7 Å². The Balaban J connectivity index is 3.26. The van der Waals surface area contributed by atoms with E-state index in [-0.39, 0.29) is 23.4 Å². The molecule has 1 aromatic carbocycles. The summed E-state index contributed by atoms with van der Waals surface area (Å²) < 4.78 is 24.8. The molecule has 0 heterocycles. The molecule has 0 saturated carbocycles. The lowest BCUT2D eigenvalue weighted by Gasteiger charge is -2.37. The van der Waals surface area contributed by atoms with E-state index in [1.165, 1.54) is 12.1 Å². The highest BCUT2D eigenvalue weighted by Gasteiger charge is 2.34. The summed E-state index contributed by atoms with van der Waals surface area (Å²) in [5, 5.41) is 3.47. The van der Waals surface area contributed by atoms with Gasteiger partial charge in [-0.05, 0) is 36.6 Å². The molecule has 3 nitrogen and oxygen atoms in total. The second-order valence-electron chi connectivity index (χ2n) is 6.34. The highest BCUT2D eigenvalue weighted by Crippen LogP contribution is 2.36. The van der Waals surface area contributed by atoms with Gasteiger partial charge in [0.25, 0.3) is 0 Å². The average Bonchev–Trinajstić information content (AvgIpc) is 2.41. The zero-order chi connectivity index (χ0) is 16.0. The highest BCUT2D eigenvalue weighted by molar-refractivity contribution is 5.37. The zero-order valence-corrected chi connectivity index (χ0v) is 14.0. The monoisotopic (exact) mass is 297 g/mol. The van der Waals surface area contributed by atoms with Crippen molar-refractivity contribution in [2.45, 2.75) is 46.3 Å². The Kier molecular flexibility index (Phi) is 6.62. The lowest BCUT2D eigenvalue weighted by Crippen LogP contribution is -2.42. The van der Waals surface area contributed by atoms with E-state index in [4.69, 9.17) is 9.47 Å². The quantitative estimate of drug-likeness (QED) is 0.827. The molecule has 0 aromatic heterocycles. The van der Waals surface area contributed by atoms with Crippen molar-refractivity contribution in [1.82, 2.24) is 5.32 Å². The number of benzene rings is 1. The summed E-state index contributed by atoms with van der Waals surface area (Å²) in [6.45, 7) is 9.29. The molecule has 0 radical (unpaired) electrons. The van der Waals surface area contributed by atoms with E-state index in [0.717, 1.165) is 18.5 Å². The average molecular weight is 297 g/mol. The molecule has 0 saturated heterocycles. The van der Waals surface area contributed by atoms with Crippen molar-refractivity contribution in [3.63, 3.8) is 0 Å². The van der Waals surface area contributed by atoms with Crippen LogP contribution in [0.3, 0.4) is 0 Å². The third-order valence-corrected chi connectivity index (χ3v) is 3.55. The summed E-state index contributed by atoms with van der Waals surface area (Å²) in [6, 6.07) is 4.49. The number of methoxy groups -OCH3 is 2. The van der Waals surface area contributed by atoms with E-state index < -0.39 is 0 Å². The number of hydrogen-bond donors (Lipinski definition) is 1. The number of ether oxygens (including phenoxy) is 2. The molecular weight excluding hydrogens is 269 g/mol. The van der Waals surface area contributed by atoms with Crippen LogP contribution in [-0.2, 0) is 4.74 Å². The largest absolute Gasteiger partial charge is 0.496 e. The van der Waals surface area contributed by atoms with Crippen molar-refractivity contribution in [2.24, 2.45) is 5.41 Å². The van der Waals surface area contributed by atoms with Gasteiger partial charge < -0.3 is 14.8 Å². The summed E-state index contributed by atoms with van der Waals surface area (Å²) in [6.07, 6.45) is 0.897. The summed E-state index contributed by atoms with van der Waals surface area (Å²) in [4.78, 5) is 0. The summed E-state index contributed by atoms with van der Waals surface area (Å²) >= 11 is 0. The van der Waals surface area contributed by atoms with Crippen LogP contribution in [0, 0.1) is 11.2 Å². The van der Waals surface area contributed by atoms with Crippen molar-refractivity contribution in [3.05, 3.63) is 29.6 Å². The summed E-state index contributed by atoms with van der Waals surface area (Å²) in [7, 11) is 3.30. The normalized spacial score (nSPS) is 14.8. The van der Waals surface area contributed by atoms with Gasteiger partial charge in [-0.25, -0.2) is 4.39 Å². The van der Waals surface area contributed by atoms with Crippen LogP contribution in [0.2, 0.25) is 0 Å². The van der Waals surface area contributed by atoms with Crippen molar-refractivity contribution in [1.29, 1.82) is 0 Å². The van der Waals surface area contributed by atoms with Gasteiger partial charge in [0, 0.05) is 12.7 Å². The molecule has 21 heavy (non-hydrogen) atoms. The highest BCUT2D eigenvalue weighted by atomic mass is 19.1. The Labute approximate surface area is 127 Å². The molecule has 2 unspecified atom stereocenters. The molecule has 0 amide bonds. The number of hydrogen-bond acceptors (Lipinski definition) is 3. The lowest BCUT2D eigenvalue weighted by atomic mass is 9.81. The Bertz CT molecular complexity index is 443. The van der Waals surface area contributed by atoms with Gasteiger partial charge in [-0.2, -0.15) is 0 Å². The van der Waals surface area contributed by atoms with Crippen LogP contribution < -0.4 is 10.1 Å². The van der Waals surface area contributed by atoms with Gasteiger partial charge >= 0.3 is 0 Å². The topological polar surface area (TPSA) is 30.5 Å². The second kappa shape index (κ2) is 7.76. The summed E-state index contributed by atoms with van der Waals surface area (Å²) in [5.74, 6) is 0.411. The third-order valence-electron chi connectivity index (χ3n) is 3.55. The first-order valence-electron chi connectivity index (χ1n) is 7.44. The smallest absolute Gasteiger partial charge is 0.123 e. The van der Waals surface area contributed by atoms with Gasteiger partial charge in [-0.15, -0.1) is 0 Å². The predicted molar refractivity (Wildman–Crippen MR) is 84.2 cm³/mol. The maximum Gasteiger partial charge on any atom is 0.123 e. The van der Waals surface area contributed by atoms with Gasteiger partial charge in [0.1, 0.15) is 11.6 Å². The van der Waals surface area contributed by atoms with Crippen LogP contribution in [0.15, 0.2) is 18.2 Å². The van der Waals surface area contributed by atoms with Crippen LogP contribution in [0.1, 0.15) is 45.7 Å². The third kappa shape index (κ3) is 4.68. The van der Waals surface area contributed by atoms with E-state index >= 15 is 0 Å². The van der Waals surface area contributed by atoms with Gasteiger partial charge in [0.05, 0.1) is 19.3 Å². The van der Waals surface area contributed by atoms with E-state index in [2.05, 4.69) is 33.0 Å². The molecular formula is C17H28FNO2. The van der Waals surface area contributed by atoms with Crippen molar-refractivity contribution < 1.29 is 13.9 Å². The van der Waals surface area contributed by atoms with E-state index in [0.29, 0.717) is 5.75 Å². The Morgan fingerprint density at radius 3 is 2.38 bits per heavy atom. The molecule has 0 aliphatic heterocycles. The molecule has 1 aromatic rings. The Morgan fingerprint density at radius 2 is 1.90 bits per heavy atom. The first kappa shape index (κ1) is 17.9. The first-order valence-corrected chi connectivity index (χ1v) is 7.44. The Morgan fingerprint density at radius 1 is 1.24 bits per heavy atom. The maximum atomic E-state index is 13.7. The minimum Gasteiger partial charge on any atom is -0.496 e. The van der Waals surface area contributed by atoms with Gasteiger partial charge in [0.2, 0.25) is 0 Å². The molecule has 0 aliphatic carbocycles. The predicted octanol–water partition coefficient (Wildman–Crippen LogP) is 3.94. The van der Waals surface area contributed by atoms with Crippen molar-refractivity contribution in [3.8, 4) is 5.75 Å². The van der Waals surface area contributed by atoms with Crippen LogP contribution in [0.5, 0.6) is 5.75 Å². The fraction of sp³-hybridized carbons (Fsp3) is 0.647. The van der Waals surface area contributed by atoms with Crippen molar-refractivity contribution in [2.75, 3.05) is 20.8 Å². The van der Waals surface area contributed by atoms with Crippen molar-refractivity contribution >= 4 is 0 Å². The lowest BCUT2D eigenvalue weighted by molar-refractivity contribution is -0.0124. The molecule has 0 aliphatic rings. The first-order chi connectivity index (χ1) is 9.85. The van der Waals surface area contributed by atoms with E-state index in [1.807, 2.05) is 0 Å². The van der Waals surface area contributed by atoms with Crippen LogP contribution in [-0.4, -0.2) is 26.9 Å². The standard InChI is InChI=1S/C17H28FNO2/c1-7-10-19-15(16(21-6)17(2,3)4)13-11-12(18)8-9-14(13)20-5/h8-9,11,15-16,19H,7,10H2,1-6H3. The van der Waals surface area contributed by atoms with E-state index in [9.17, 15) is 4.39 Å². The molecule has 0 fully saturated rings. The minimum absolute atomic E-state index is 0.0858. The number of halogens is 1. The van der Waals surface area contributed by atoms with Gasteiger partial charge in [-0.3, -0.25) is 0 Å². The molecule has 1 N–H and O–H groups in total. The maximum absolute atomic E-state index is 13.7. The van der Waals surface area contributed by atoms with Crippen LogP contribution in [0.4, 0.5) is 4.39 Å². The fourth-order valence-corrected chi connectivity index (χ4v) is 2.62. The van der Waals surface area contributed by atoms with Gasteiger partial charge in [0.15, 0.2) is 0 Å². The van der Waals surface area contributed by atoms with E-state index in [1.54, 1.807) is 20.3 Å². The number of nitrogens with one attached hydrogen (secondary N) is 1. The molecule has 4 heteroatoms. The molecule has 120 valence electrons. The van der Waals surface area contributed by atoms with Crippen LogP contribution in [0.25, 0.3) is 0 Å². The SMILES string of the molecule is CCCNC(c1cc(F)ccc1OC)C(OC)C(C)(C)C. The van der Waals surface area contributed by atoms with Crippen LogP contribution >= 0.6 is 0 Å². The molecule has 0 bridgehead atoms.